The van der Waals surface area contributed by atoms with Crippen molar-refractivity contribution in [3.05, 3.63) is 60.2 Å². The van der Waals surface area contributed by atoms with Crippen LogP contribution in [0.3, 0.4) is 0 Å². The Kier molecular flexibility index (Phi) is 8.79. The van der Waals surface area contributed by atoms with E-state index in [1.165, 1.54) is 5.69 Å². The summed E-state index contributed by atoms with van der Waals surface area (Å²) in [6.45, 7) is 5.87. The Morgan fingerprint density at radius 2 is 1.81 bits per heavy atom. The summed E-state index contributed by atoms with van der Waals surface area (Å²) < 4.78 is 10.7. The van der Waals surface area contributed by atoms with Crippen LogP contribution in [0.15, 0.2) is 54.6 Å². The fourth-order valence-electron chi connectivity index (χ4n) is 3.75. The van der Waals surface area contributed by atoms with Gasteiger partial charge in [0.2, 0.25) is 5.91 Å². The molecule has 0 radical (unpaired) electrons. The van der Waals surface area contributed by atoms with E-state index in [1.807, 2.05) is 36.4 Å². The number of carbonyl (C=O) groups is 1. The van der Waals surface area contributed by atoms with Gasteiger partial charge in [0.05, 0.1) is 19.9 Å². The van der Waals surface area contributed by atoms with Crippen LogP contribution in [-0.4, -0.2) is 64.3 Å². The number of ether oxygens (including phenoxy) is 2. The third-order valence-electron chi connectivity index (χ3n) is 5.52. The summed E-state index contributed by atoms with van der Waals surface area (Å²) in [4.78, 5) is 16.9. The molecule has 1 saturated heterocycles. The second kappa shape index (κ2) is 12.0. The van der Waals surface area contributed by atoms with Crippen LogP contribution in [0, 0.1) is 0 Å². The molecule has 1 heterocycles. The Labute approximate surface area is 185 Å². The number of benzene rings is 2. The molecule has 1 aliphatic heterocycles. The second-order valence-electron chi connectivity index (χ2n) is 7.61. The van der Waals surface area contributed by atoms with Gasteiger partial charge in [0.1, 0.15) is 11.5 Å². The van der Waals surface area contributed by atoms with E-state index in [9.17, 15) is 4.79 Å². The number of unbranched alkanes of at least 4 members (excludes halogenated alkanes) is 1. The molecule has 1 amide bonds. The van der Waals surface area contributed by atoms with Crippen molar-refractivity contribution in [2.24, 2.45) is 0 Å². The minimum atomic E-state index is -0.0618. The smallest absolute Gasteiger partial charge is 0.243 e. The highest BCUT2D eigenvalue weighted by molar-refractivity contribution is 5.91. The van der Waals surface area contributed by atoms with E-state index >= 15 is 0 Å². The molecule has 0 spiro atoms. The van der Waals surface area contributed by atoms with Crippen LogP contribution in [0.2, 0.25) is 0 Å². The number of carbonyl (C=O) groups excluding carboxylic acids is 1. The van der Waals surface area contributed by atoms with E-state index in [4.69, 9.17) is 9.47 Å². The molecule has 6 heteroatoms. The number of nitrogens with one attached hydrogen (secondary N) is 1. The van der Waals surface area contributed by atoms with Crippen molar-refractivity contribution in [1.29, 1.82) is 0 Å². The van der Waals surface area contributed by atoms with Gasteiger partial charge in [-0.3, -0.25) is 9.69 Å². The summed E-state index contributed by atoms with van der Waals surface area (Å²) in [5.74, 6) is 1.66. The summed E-state index contributed by atoms with van der Waals surface area (Å²) in [7, 11) is 3.36. The number of rotatable bonds is 10. The van der Waals surface area contributed by atoms with Crippen LogP contribution in [0.25, 0.3) is 6.08 Å². The molecule has 0 bridgehead atoms. The molecular weight excluding hydrogens is 390 g/mol. The van der Waals surface area contributed by atoms with Crippen molar-refractivity contribution in [2.45, 2.75) is 12.8 Å². The van der Waals surface area contributed by atoms with Gasteiger partial charge >= 0.3 is 0 Å². The molecular formula is C25H33N3O3. The number of anilines is 1. The monoisotopic (exact) mass is 423 g/mol. The van der Waals surface area contributed by atoms with Crippen LogP contribution >= 0.6 is 0 Å². The van der Waals surface area contributed by atoms with E-state index < -0.39 is 0 Å². The maximum atomic E-state index is 12.0. The summed E-state index contributed by atoms with van der Waals surface area (Å²) in [6.07, 6.45) is 5.44. The van der Waals surface area contributed by atoms with E-state index in [2.05, 4.69) is 27.2 Å². The van der Waals surface area contributed by atoms with Crippen molar-refractivity contribution in [3.8, 4) is 11.5 Å². The highest BCUT2D eigenvalue weighted by Crippen LogP contribution is 2.28. The molecule has 0 aliphatic carbocycles. The van der Waals surface area contributed by atoms with Gasteiger partial charge < -0.3 is 19.7 Å². The van der Waals surface area contributed by atoms with Crippen molar-refractivity contribution in [2.75, 3.05) is 58.4 Å². The van der Waals surface area contributed by atoms with Crippen LogP contribution in [0.1, 0.15) is 18.4 Å². The Balaban J connectivity index is 1.30. The average Bonchev–Trinajstić information content (AvgIpc) is 2.83. The van der Waals surface area contributed by atoms with Gasteiger partial charge in [-0.2, -0.15) is 0 Å². The van der Waals surface area contributed by atoms with Gasteiger partial charge in [-0.1, -0.05) is 24.3 Å². The van der Waals surface area contributed by atoms with Gasteiger partial charge in [0.25, 0.3) is 0 Å². The maximum absolute atomic E-state index is 12.0. The number of nitrogens with zero attached hydrogens (tertiary/aromatic N) is 2. The van der Waals surface area contributed by atoms with Crippen molar-refractivity contribution in [3.63, 3.8) is 0 Å². The number of piperazine rings is 1. The number of para-hydroxylation sites is 2. The van der Waals surface area contributed by atoms with Crippen LogP contribution < -0.4 is 19.7 Å². The Bertz CT molecular complexity index is 861. The molecule has 2 aromatic carbocycles. The lowest BCUT2D eigenvalue weighted by molar-refractivity contribution is -0.116. The summed E-state index contributed by atoms with van der Waals surface area (Å²) >= 11 is 0. The van der Waals surface area contributed by atoms with Crippen molar-refractivity contribution < 1.29 is 14.3 Å². The summed E-state index contributed by atoms with van der Waals surface area (Å²) in [6, 6.07) is 15.8. The molecule has 1 aliphatic rings. The predicted molar refractivity (Wildman–Crippen MR) is 126 cm³/mol. The second-order valence-corrected chi connectivity index (χ2v) is 7.61. The Morgan fingerprint density at radius 3 is 2.58 bits per heavy atom. The van der Waals surface area contributed by atoms with Crippen molar-refractivity contribution in [1.82, 2.24) is 10.2 Å². The molecule has 31 heavy (non-hydrogen) atoms. The first kappa shape index (κ1) is 22.7. The lowest BCUT2D eigenvalue weighted by Crippen LogP contribution is -2.46. The van der Waals surface area contributed by atoms with Gasteiger partial charge in [0, 0.05) is 38.8 Å². The fourth-order valence-corrected chi connectivity index (χ4v) is 3.75. The molecule has 0 unspecified atom stereocenters. The number of amides is 1. The molecule has 3 rings (SSSR count). The number of methoxy groups -OCH3 is 2. The molecule has 1 fully saturated rings. The quantitative estimate of drug-likeness (QED) is 0.469. The van der Waals surface area contributed by atoms with E-state index in [0.717, 1.165) is 62.6 Å². The molecule has 2 aromatic rings. The SMILES string of the molecule is COc1cccc(/C=C/C(=O)NCCCCN2CCN(c3ccccc3OC)CC2)c1. The zero-order valence-electron chi connectivity index (χ0n) is 18.5. The Morgan fingerprint density at radius 1 is 1.00 bits per heavy atom. The van der Waals surface area contributed by atoms with E-state index in [0.29, 0.717) is 6.54 Å². The van der Waals surface area contributed by atoms with Crippen molar-refractivity contribution >= 4 is 17.7 Å². The Hall–Kier alpha value is -2.99. The topological polar surface area (TPSA) is 54.0 Å². The first-order valence-electron chi connectivity index (χ1n) is 10.9. The largest absolute Gasteiger partial charge is 0.497 e. The lowest BCUT2D eigenvalue weighted by atomic mass is 10.2. The van der Waals surface area contributed by atoms with Crippen LogP contribution in [0.5, 0.6) is 11.5 Å². The number of hydrogen-bond donors (Lipinski definition) is 1. The highest BCUT2D eigenvalue weighted by atomic mass is 16.5. The highest BCUT2D eigenvalue weighted by Gasteiger charge is 2.18. The normalized spacial score (nSPS) is 14.6. The molecule has 0 atom stereocenters. The van der Waals surface area contributed by atoms with Crippen LogP contribution in [-0.2, 0) is 4.79 Å². The standard InChI is InChI=1S/C25H33N3O3/c1-30-22-9-7-8-21(20-22)12-13-25(29)26-14-5-6-15-27-16-18-28(19-17-27)23-10-3-4-11-24(23)31-2/h3-4,7-13,20H,5-6,14-19H2,1-2H3,(H,26,29)/b13-12+. The average molecular weight is 424 g/mol. The first-order chi connectivity index (χ1) is 15.2. The lowest BCUT2D eigenvalue weighted by Gasteiger charge is -2.36. The molecule has 6 nitrogen and oxygen atoms in total. The molecule has 0 aromatic heterocycles. The fraction of sp³-hybridized carbons (Fsp3) is 0.400. The molecule has 166 valence electrons. The minimum Gasteiger partial charge on any atom is -0.497 e. The maximum Gasteiger partial charge on any atom is 0.243 e. The zero-order chi connectivity index (χ0) is 21.9. The third-order valence-corrected chi connectivity index (χ3v) is 5.52. The predicted octanol–water partition coefficient (Wildman–Crippen LogP) is 3.44. The van der Waals surface area contributed by atoms with Gasteiger partial charge in [-0.25, -0.2) is 0 Å². The molecule has 0 saturated carbocycles. The van der Waals surface area contributed by atoms with Gasteiger partial charge in [0.15, 0.2) is 0 Å². The summed E-state index contributed by atoms with van der Waals surface area (Å²) in [5.41, 5.74) is 2.12. The zero-order valence-corrected chi connectivity index (χ0v) is 18.5. The minimum absolute atomic E-state index is 0.0618. The van der Waals surface area contributed by atoms with Gasteiger partial charge in [-0.15, -0.1) is 0 Å². The van der Waals surface area contributed by atoms with Crippen LogP contribution in [0.4, 0.5) is 5.69 Å². The molecule has 1 N–H and O–H groups in total. The van der Waals surface area contributed by atoms with E-state index in [-0.39, 0.29) is 5.91 Å². The van der Waals surface area contributed by atoms with E-state index in [1.54, 1.807) is 26.4 Å². The number of hydrogen-bond acceptors (Lipinski definition) is 5. The third kappa shape index (κ3) is 7.03. The first-order valence-corrected chi connectivity index (χ1v) is 10.9. The summed E-state index contributed by atoms with van der Waals surface area (Å²) in [5, 5.41) is 2.96. The van der Waals surface area contributed by atoms with Gasteiger partial charge in [-0.05, 0) is 55.3 Å².